The van der Waals surface area contributed by atoms with Gasteiger partial charge in [0.25, 0.3) is 0 Å². The summed E-state index contributed by atoms with van der Waals surface area (Å²) in [5.74, 6) is 0. The molecule has 1 heterocycles. The molecule has 2 aromatic rings. The standard InChI is InChI=1S/C15H15F3N2O/c16-15(17,18)13-6-3-7-20-14(13)9-19-8-11-4-1-2-5-12(11)10-21/h1-7,19,21H,8-10H2. The average molecular weight is 296 g/mol. The van der Waals surface area contributed by atoms with Gasteiger partial charge in [-0.1, -0.05) is 24.3 Å². The van der Waals surface area contributed by atoms with Crippen LogP contribution in [0, 0.1) is 0 Å². The normalized spacial score (nSPS) is 11.6. The van der Waals surface area contributed by atoms with Crippen molar-refractivity contribution < 1.29 is 18.3 Å². The van der Waals surface area contributed by atoms with E-state index in [2.05, 4.69) is 10.3 Å². The van der Waals surface area contributed by atoms with Gasteiger partial charge in [-0.3, -0.25) is 4.98 Å². The summed E-state index contributed by atoms with van der Waals surface area (Å²) in [7, 11) is 0. The van der Waals surface area contributed by atoms with Crippen molar-refractivity contribution in [3.8, 4) is 0 Å². The van der Waals surface area contributed by atoms with E-state index >= 15 is 0 Å². The lowest BCUT2D eigenvalue weighted by Crippen LogP contribution is -2.19. The van der Waals surface area contributed by atoms with Gasteiger partial charge in [-0.05, 0) is 23.3 Å². The first kappa shape index (κ1) is 15.5. The Hall–Kier alpha value is -1.92. The van der Waals surface area contributed by atoms with Gasteiger partial charge in [0.2, 0.25) is 0 Å². The monoisotopic (exact) mass is 296 g/mol. The van der Waals surface area contributed by atoms with Gasteiger partial charge in [-0.2, -0.15) is 13.2 Å². The summed E-state index contributed by atoms with van der Waals surface area (Å²) in [6, 6.07) is 9.51. The van der Waals surface area contributed by atoms with Crippen LogP contribution in [0.2, 0.25) is 0 Å². The first-order valence-electron chi connectivity index (χ1n) is 6.42. The summed E-state index contributed by atoms with van der Waals surface area (Å²) < 4.78 is 38.4. The molecule has 1 aromatic carbocycles. The van der Waals surface area contributed by atoms with Gasteiger partial charge < -0.3 is 10.4 Å². The highest BCUT2D eigenvalue weighted by atomic mass is 19.4. The second kappa shape index (κ2) is 6.69. The fourth-order valence-electron chi connectivity index (χ4n) is 2.04. The molecule has 0 aliphatic rings. The quantitative estimate of drug-likeness (QED) is 0.892. The van der Waals surface area contributed by atoms with E-state index in [0.717, 1.165) is 17.2 Å². The van der Waals surface area contributed by atoms with Gasteiger partial charge in [0, 0.05) is 19.3 Å². The molecule has 0 atom stereocenters. The number of benzene rings is 1. The predicted molar refractivity (Wildman–Crippen MR) is 72.1 cm³/mol. The molecule has 0 unspecified atom stereocenters. The molecule has 0 saturated carbocycles. The molecule has 1 aromatic heterocycles. The molecule has 2 rings (SSSR count). The molecule has 2 N–H and O–H groups in total. The van der Waals surface area contributed by atoms with Gasteiger partial charge in [-0.15, -0.1) is 0 Å². The highest BCUT2D eigenvalue weighted by Crippen LogP contribution is 2.30. The Morgan fingerprint density at radius 3 is 2.38 bits per heavy atom. The Labute approximate surface area is 120 Å². The molecule has 0 fully saturated rings. The molecule has 0 radical (unpaired) electrons. The van der Waals surface area contributed by atoms with Gasteiger partial charge in [0.15, 0.2) is 0 Å². The van der Waals surface area contributed by atoms with Gasteiger partial charge in [0.1, 0.15) is 0 Å². The Morgan fingerprint density at radius 1 is 1.00 bits per heavy atom. The fraction of sp³-hybridized carbons (Fsp3) is 0.267. The Kier molecular flexibility index (Phi) is 4.93. The van der Waals surface area contributed by atoms with Crippen LogP contribution in [0.15, 0.2) is 42.6 Å². The molecule has 0 bridgehead atoms. The van der Waals surface area contributed by atoms with Crippen molar-refractivity contribution in [3.05, 3.63) is 65.0 Å². The van der Waals surface area contributed by atoms with Crippen LogP contribution in [0.4, 0.5) is 13.2 Å². The number of hydrogen-bond donors (Lipinski definition) is 2. The van der Waals surface area contributed by atoms with Crippen LogP contribution in [0.25, 0.3) is 0 Å². The zero-order valence-corrected chi connectivity index (χ0v) is 11.2. The summed E-state index contributed by atoms with van der Waals surface area (Å²) >= 11 is 0. The van der Waals surface area contributed by atoms with Gasteiger partial charge >= 0.3 is 6.18 Å². The molecular weight excluding hydrogens is 281 g/mol. The first-order valence-corrected chi connectivity index (χ1v) is 6.42. The minimum absolute atomic E-state index is 0.00937. The molecule has 112 valence electrons. The Morgan fingerprint density at radius 2 is 1.71 bits per heavy atom. The van der Waals surface area contributed by atoms with Crippen LogP contribution in [0.5, 0.6) is 0 Å². The number of rotatable bonds is 5. The summed E-state index contributed by atoms with van der Waals surface area (Å²) in [6.45, 7) is 0.273. The topological polar surface area (TPSA) is 45.1 Å². The van der Waals surface area contributed by atoms with Crippen molar-refractivity contribution in [1.29, 1.82) is 0 Å². The molecule has 6 heteroatoms. The van der Waals surface area contributed by atoms with Crippen molar-refractivity contribution in [3.63, 3.8) is 0 Å². The summed E-state index contributed by atoms with van der Waals surface area (Å²) in [6.07, 6.45) is -3.07. The maximum absolute atomic E-state index is 12.8. The van der Waals surface area contributed by atoms with E-state index in [1.165, 1.54) is 12.3 Å². The molecular formula is C15H15F3N2O. The second-order valence-corrected chi connectivity index (χ2v) is 4.53. The molecule has 0 saturated heterocycles. The number of aromatic nitrogens is 1. The van der Waals surface area contributed by atoms with Crippen LogP contribution < -0.4 is 5.32 Å². The van der Waals surface area contributed by atoms with Gasteiger partial charge in [0.05, 0.1) is 17.9 Å². The van der Waals surface area contributed by atoms with Crippen molar-refractivity contribution in [2.24, 2.45) is 0 Å². The minimum Gasteiger partial charge on any atom is -0.392 e. The van der Waals surface area contributed by atoms with E-state index in [0.29, 0.717) is 6.54 Å². The number of alkyl halides is 3. The summed E-state index contributed by atoms with van der Waals surface area (Å²) in [5, 5.41) is 12.1. The number of halogens is 3. The molecule has 0 aliphatic carbocycles. The van der Waals surface area contributed by atoms with E-state index in [1.54, 1.807) is 12.1 Å². The lowest BCUT2D eigenvalue weighted by molar-refractivity contribution is -0.138. The van der Waals surface area contributed by atoms with Crippen LogP contribution in [0.1, 0.15) is 22.4 Å². The third-order valence-electron chi connectivity index (χ3n) is 3.09. The van der Waals surface area contributed by atoms with Crippen molar-refractivity contribution in [2.45, 2.75) is 25.9 Å². The first-order chi connectivity index (χ1) is 10.0. The number of nitrogens with zero attached hydrogens (tertiary/aromatic N) is 1. The second-order valence-electron chi connectivity index (χ2n) is 4.53. The molecule has 3 nitrogen and oxygen atoms in total. The highest BCUT2D eigenvalue weighted by Gasteiger charge is 2.33. The lowest BCUT2D eigenvalue weighted by atomic mass is 10.1. The van der Waals surface area contributed by atoms with Gasteiger partial charge in [-0.25, -0.2) is 0 Å². The van der Waals surface area contributed by atoms with E-state index in [4.69, 9.17) is 0 Å². The zero-order valence-electron chi connectivity index (χ0n) is 11.2. The number of aliphatic hydroxyl groups is 1. The zero-order chi connectivity index (χ0) is 15.3. The largest absolute Gasteiger partial charge is 0.418 e. The van der Waals surface area contributed by atoms with Crippen LogP contribution in [-0.2, 0) is 25.9 Å². The van der Waals surface area contributed by atoms with E-state index in [1.807, 2.05) is 12.1 Å². The van der Waals surface area contributed by atoms with Crippen LogP contribution >= 0.6 is 0 Å². The fourth-order valence-corrected chi connectivity index (χ4v) is 2.04. The van der Waals surface area contributed by atoms with Crippen LogP contribution in [-0.4, -0.2) is 10.1 Å². The molecule has 0 spiro atoms. The highest BCUT2D eigenvalue weighted by molar-refractivity contribution is 5.27. The number of aliphatic hydroxyl groups excluding tert-OH is 1. The van der Waals surface area contributed by atoms with Crippen LogP contribution in [0.3, 0.4) is 0 Å². The van der Waals surface area contributed by atoms with E-state index in [9.17, 15) is 18.3 Å². The van der Waals surface area contributed by atoms with E-state index in [-0.39, 0.29) is 18.8 Å². The third-order valence-corrected chi connectivity index (χ3v) is 3.09. The Balaban J connectivity index is 2.04. The Bertz CT molecular complexity index is 599. The smallest absolute Gasteiger partial charge is 0.392 e. The maximum Gasteiger partial charge on any atom is 0.418 e. The number of nitrogens with one attached hydrogen (secondary N) is 1. The van der Waals surface area contributed by atoms with Crippen molar-refractivity contribution in [2.75, 3.05) is 0 Å². The summed E-state index contributed by atoms with van der Waals surface area (Å²) in [5.41, 5.74) is 0.839. The molecule has 0 aliphatic heterocycles. The lowest BCUT2D eigenvalue weighted by Gasteiger charge is -2.13. The minimum atomic E-state index is -4.41. The number of hydrogen-bond acceptors (Lipinski definition) is 3. The van der Waals surface area contributed by atoms with E-state index < -0.39 is 11.7 Å². The predicted octanol–water partition coefficient (Wildman–Crippen LogP) is 2.88. The summed E-state index contributed by atoms with van der Waals surface area (Å²) in [4.78, 5) is 3.79. The van der Waals surface area contributed by atoms with Crippen molar-refractivity contribution in [1.82, 2.24) is 10.3 Å². The third kappa shape index (κ3) is 4.03. The van der Waals surface area contributed by atoms with Crippen molar-refractivity contribution >= 4 is 0 Å². The SMILES string of the molecule is OCc1ccccc1CNCc1ncccc1C(F)(F)F. The molecule has 21 heavy (non-hydrogen) atoms. The maximum atomic E-state index is 12.8. The molecule has 0 amide bonds. The number of pyridine rings is 1. The average Bonchev–Trinajstić information content (AvgIpc) is 2.47.